The lowest BCUT2D eigenvalue weighted by Crippen LogP contribution is -2.43. The molecule has 0 fully saturated rings. The molecule has 96 valence electrons. The van der Waals surface area contributed by atoms with E-state index in [1.165, 1.54) is 24.3 Å². The van der Waals surface area contributed by atoms with Crippen LogP contribution in [0.2, 0.25) is 0 Å². The van der Waals surface area contributed by atoms with Crippen molar-refractivity contribution in [1.82, 2.24) is 5.32 Å². The Hall–Kier alpha value is -1.97. The number of carbonyl (C=O) groups excluding carboxylic acids is 2. The largest absolute Gasteiger partial charge is 0.345 e. The minimum Gasteiger partial charge on any atom is -0.345 e. The highest BCUT2D eigenvalue weighted by Gasteiger charge is 2.17. The number of hydrogen-bond donors (Lipinski definition) is 1. The molecule has 3 nitrogen and oxygen atoms in total. The first-order valence-electron chi connectivity index (χ1n) is 5.58. The lowest BCUT2D eigenvalue weighted by molar-refractivity contribution is -0.136. The Kier molecular flexibility index (Phi) is 4.37. The molecule has 1 N–H and O–H groups in total. The lowest BCUT2D eigenvalue weighted by atomic mass is 10.1. The van der Waals surface area contributed by atoms with Crippen molar-refractivity contribution in [1.29, 1.82) is 0 Å². The van der Waals surface area contributed by atoms with E-state index in [9.17, 15) is 14.0 Å². The van der Waals surface area contributed by atoms with Crippen LogP contribution in [0.4, 0.5) is 4.39 Å². The standard InChI is InChI=1S/C14H16FNO2/c1-14(2,3)16-13(18)12(17)8-7-10-5-4-6-11(15)9-10/h4-9H,1-3H3,(H,16,18)/b8-7+. The summed E-state index contributed by atoms with van der Waals surface area (Å²) in [5.41, 5.74) is 0.0753. The molecule has 0 unspecified atom stereocenters. The quantitative estimate of drug-likeness (QED) is 0.660. The molecule has 0 aliphatic rings. The summed E-state index contributed by atoms with van der Waals surface area (Å²) in [5.74, 6) is -1.71. The zero-order valence-corrected chi connectivity index (χ0v) is 10.7. The molecule has 1 aromatic carbocycles. The van der Waals surface area contributed by atoms with Crippen LogP contribution in [0.5, 0.6) is 0 Å². The first kappa shape index (κ1) is 14.1. The molecule has 0 spiro atoms. The van der Waals surface area contributed by atoms with Gasteiger partial charge in [0.1, 0.15) is 5.82 Å². The highest BCUT2D eigenvalue weighted by Crippen LogP contribution is 2.05. The molecule has 1 rings (SSSR count). The van der Waals surface area contributed by atoms with Gasteiger partial charge in [-0.1, -0.05) is 18.2 Å². The topological polar surface area (TPSA) is 46.2 Å². The number of amides is 1. The van der Waals surface area contributed by atoms with Crippen molar-refractivity contribution in [3.8, 4) is 0 Å². The maximum atomic E-state index is 12.9. The van der Waals surface area contributed by atoms with Gasteiger partial charge < -0.3 is 5.32 Å². The van der Waals surface area contributed by atoms with E-state index in [1.54, 1.807) is 26.8 Å². The van der Waals surface area contributed by atoms with Crippen molar-refractivity contribution in [3.05, 3.63) is 41.7 Å². The van der Waals surface area contributed by atoms with Crippen molar-refractivity contribution in [2.75, 3.05) is 0 Å². The lowest BCUT2D eigenvalue weighted by Gasteiger charge is -2.19. The zero-order chi connectivity index (χ0) is 13.8. The van der Waals surface area contributed by atoms with Crippen molar-refractivity contribution in [3.63, 3.8) is 0 Å². The molecular formula is C14H16FNO2. The molecule has 1 aromatic rings. The smallest absolute Gasteiger partial charge is 0.292 e. The highest BCUT2D eigenvalue weighted by molar-refractivity contribution is 6.41. The Bertz CT molecular complexity index is 487. The molecule has 0 bridgehead atoms. The third kappa shape index (κ3) is 4.91. The van der Waals surface area contributed by atoms with Gasteiger partial charge in [-0.25, -0.2) is 4.39 Å². The molecule has 0 atom stereocenters. The van der Waals surface area contributed by atoms with Gasteiger partial charge in [0.25, 0.3) is 5.91 Å². The van der Waals surface area contributed by atoms with E-state index in [0.29, 0.717) is 5.56 Å². The summed E-state index contributed by atoms with van der Waals surface area (Å²) in [6.07, 6.45) is 2.55. The van der Waals surface area contributed by atoms with Crippen LogP contribution in [0, 0.1) is 5.82 Å². The van der Waals surface area contributed by atoms with Gasteiger partial charge in [-0.2, -0.15) is 0 Å². The van der Waals surface area contributed by atoms with Crippen LogP contribution in [0.15, 0.2) is 30.3 Å². The van der Waals surface area contributed by atoms with Crippen LogP contribution in [-0.4, -0.2) is 17.2 Å². The summed E-state index contributed by atoms with van der Waals surface area (Å²) < 4.78 is 12.9. The van der Waals surface area contributed by atoms with E-state index in [0.717, 1.165) is 6.08 Å². The molecule has 18 heavy (non-hydrogen) atoms. The van der Waals surface area contributed by atoms with Gasteiger partial charge in [-0.05, 0) is 44.5 Å². The average Bonchev–Trinajstić information content (AvgIpc) is 2.23. The van der Waals surface area contributed by atoms with E-state index in [2.05, 4.69) is 5.32 Å². The van der Waals surface area contributed by atoms with Crippen molar-refractivity contribution >= 4 is 17.8 Å². The molecule has 0 saturated carbocycles. The fourth-order valence-electron chi connectivity index (χ4n) is 1.26. The molecule has 0 aliphatic carbocycles. The average molecular weight is 249 g/mol. The molecule has 4 heteroatoms. The van der Waals surface area contributed by atoms with Crippen molar-refractivity contribution in [2.24, 2.45) is 0 Å². The summed E-state index contributed by atoms with van der Waals surface area (Å²) in [6, 6.07) is 5.78. The van der Waals surface area contributed by atoms with Gasteiger partial charge in [0.15, 0.2) is 0 Å². The second-order valence-electron chi connectivity index (χ2n) is 4.96. The predicted molar refractivity (Wildman–Crippen MR) is 68.3 cm³/mol. The molecule has 0 aromatic heterocycles. The Morgan fingerprint density at radius 2 is 1.94 bits per heavy atom. The molecule has 0 aliphatic heterocycles. The van der Waals surface area contributed by atoms with E-state index in [4.69, 9.17) is 0 Å². The first-order valence-corrected chi connectivity index (χ1v) is 5.58. The van der Waals surface area contributed by atoms with Crippen LogP contribution in [0.3, 0.4) is 0 Å². The van der Waals surface area contributed by atoms with Crippen molar-refractivity contribution in [2.45, 2.75) is 26.3 Å². The van der Waals surface area contributed by atoms with Gasteiger partial charge in [-0.15, -0.1) is 0 Å². The summed E-state index contributed by atoms with van der Waals surface area (Å²) in [4.78, 5) is 22.9. The molecular weight excluding hydrogens is 233 g/mol. The SMILES string of the molecule is CC(C)(C)NC(=O)C(=O)/C=C/c1cccc(F)c1. The predicted octanol–water partition coefficient (Wildman–Crippen LogP) is 2.32. The van der Waals surface area contributed by atoms with E-state index < -0.39 is 17.2 Å². The summed E-state index contributed by atoms with van der Waals surface area (Å²) in [5, 5.41) is 2.55. The van der Waals surface area contributed by atoms with E-state index >= 15 is 0 Å². The number of hydrogen-bond acceptors (Lipinski definition) is 2. The van der Waals surface area contributed by atoms with Crippen molar-refractivity contribution < 1.29 is 14.0 Å². The second-order valence-corrected chi connectivity index (χ2v) is 4.96. The van der Waals surface area contributed by atoms with Gasteiger partial charge >= 0.3 is 0 Å². The number of halogens is 1. The molecule has 0 heterocycles. The Morgan fingerprint density at radius 3 is 2.50 bits per heavy atom. The van der Waals surface area contributed by atoms with Crippen LogP contribution in [0.25, 0.3) is 6.08 Å². The molecule has 1 amide bonds. The Labute approximate surface area is 106 Å². The minimum absolute atomic E-state index is 0.385. The van der Waals surface area contributed by atoms with Gasteiger partial charge in [-0.3, -0.25) is 9.59 Å². The van der Waals surface area contributed by atoms with Gasteiger partial charge in [0.2, 0.25) is 5.78 Å². The van der Waals surface area contributed by atoms with Crippen LogP contribution >= 0.6 is 0 Å². The van der Waals surface area contributed by atoms with Gasteiger partial charge in [0, 0.05) is 5.54 Å². The maximum Gasteiger partial charge on any atom is 0.292 e. The van der Waals surface area contributed by atoms with Crippen LogP contribution in [-0.2, 0) is 9.59 Å². The molecule has 0 radical (unpaired) electrons. The molecule has 0 saturated heterocycles. The van der Waals surface area contributed by atoms with E-state index in [-0.39, 0.29) is 5.82 Å². The number of carbonyl (C=O) groups is 2. The summed E-state index contributed by atoms with van der Waals surface area (Å²) >= 11 is 0. The zero-order valence-electron chi connectivity index (χ0n) is 10.7. The van der Waals surface area contributed by atoms with E-state index in [1.807, 2.05) is 0 Å². The third-order valence-corrected chi connectivity index (χ3v) is 1.99. The Morgan fingerprint density at radius 1 is 1.28 bits per heavy atom. The monoisotopic (exact) mass is 249 g/mol. The normalized spacial score (nSPS) is 11.6. The third-order valence-electron chi connectivity index (χ3n) is 1.99. The minimum atomic E-state index is -0.671. The van der Waals surface area contributed by atoms with Crippen LogP contribution in [0.1, 0.15) is 26.3 Å². The summed E-state index contributed by atoms with van der Waals surface area (Å²) in [7, 11) is 0. The maximum absolute atomic E-state index is 12.9. The summed E-state index contributed by atoms with van der Waals surface area (Å²) in [6.45, 7) is 5.36. The fourth-order valence-corrected chi connectivity index (χ4v) is 1.26. The fraction of sp³-hybridized carbons (Fsp3) is 0.286. The number of rotatable bonds is 3. The Balaban J connectivity index is 2.68. The number of benzene rings is 1. The second kappa shape index (κ2) is 5.58. The number of ketones is 1. The number of nitrogens with one attached hydrogen (secondary N) is 1. The highest BCUT2D eigenvalue weighted by atomic mass is 19.1. The van der Waals surface area contributed by atoms with Gasteiger partial charge in [0.05, 0.1) is 0 Å². The first-order chi connectivity index (χ1) is 8.28. The van der Waals surface area contributed by atoms with Crippen LogP contribution < -0.4 is 5.32 Å².